The Labute approximate surface area is 127 Å². The average Bonchev–Trinajstić information content (AvgIpc) is 2.41. The van der Waals surface area contributed by atoms with E-state index in [4.69, 9.17) is 27.8 Å². The van der Waals surface area contributed by atoms with Crippen LogP contribution in [-0.2, 0) is 0 Å². The summed E-state index contributed by atoms with van der Waals surface area (Å²) in [4.78, 5) is 12.3. The van der Waals surface area contributed by atoms with Crippen LogP contribution in [0.3, 0.4) is 0 Å². The van der Waals surface area contributed by atoms with E-state index >= 15 is 0 Å². The molecule has 0 unspecified atom stereocenters. The molecule has 0 aliphatic heterocycles. The van der Waals surface area contributed by atoms with Crippen LogP contribution in [0.1, 0.15) is 15.9 Å². The number of carbonyl (C=O) groups excluding carboxylic acids is 1. The highest BCUT2D eigenvalue weighted by Gasteiger charge is 2.12. The molecule has 0 radical (unpaired) electrons. The van der Waals surface area contributed by atoms with E-state index in [0.29, 0.717) is 33.4 Å². The first-order valence-corrected chi connectivity index (χ1v) is 6.60. The number of aryl methyl sites for hydroxylation is 1. The summed E-state index contributed by atoms with van der Waals surface area (Å²) >= 11 is 6.03. The van der Waals surface area contributed by atoms with Gasteiger partial charge in [-0.2, -0.15) is 0 Å². The summed E-state index contributed by atoms with van der Waals surface area (Å²) in [6, 6.07) is 8.10. The fraction of sp³-hybridized carbons (Fsp3) is 0.133. The maximum absolute atomic E-state index is 12.3. The number of benzene rings is 2. The molecule has 0 bridgehead atoms. The first kappa shape index (κ1) is 15.0. The van der Waals surface area contributed by atoms with Gasteiger partial charge in [0.05, 0.1) is 12.8 Å². The number of nitrogens with two attached hydrogens (primary N) is 2. The molecule has 21 heavy (non-hydrogen) atoms. The number of amides is 1. The van der Waals surface area contributed by atoms with Gasteiger partial charge >= 0.3 is 0 Å². The predicted molar refractivity (Wildman–Crippen MR) is 86.0 cm³/mol. The Morgan fingerprint density at radius 3 is 2.33 bits per heavy atom. The van der Waals surface area contributed by atoms with Crippen LogP contribution in [0.4, 0.5) is 17.1 Å². The lowest BCUT2D eigenvalue weighted by Gasteiger charge is -2.12. The molecule has 0 aromatic heterocycles. The summed E-state index contributed by atoms with van der Waals surface area (Å²) < 4.78 is 5.22. The molecule has 6 heteroatoms. The van der Waals surface area contributed by atoms with Crippen molar-refractivity contribution in [2.24, 2.45) is 0 Å². The summed E-state index contributed by atoms with van der Waals surface area (Å²) in [6.45, 7) is 1.84. The lowest BCUT2D eigenvalue weighted by molar-refractivity contribution is 0.102. The zero-order chi connectivity index (χ0) is 15.6. The fourth-order valence-electron chi connectivity index (χ4n) is 1.93. The van der Waals surface area contributed by atoms with Gasteiger partial charge in [-0.25, -0.2) is 0 Å². The highest BCUT2D eigenvalue weighted by Crippen LogP contribution is 2.31. The molecule has 2 aromatic carbocycles. The van der Waals surface area contributed by atoms with Crippen molar-refractivity contribution in [1.82, 2.24) is 0 Å². The summed E-state index contributed by atoms with van der Waals surface area (Å²) in [5, 5.41) is 3.33. The van der Waals surface area contributed by atoms with E-state index < -0.39 is 0 Å². The highest BCUT2D eigenvalue weighted by molar-refractivity contribution is 6.31. The number of nitrogens with one attached hydrogen (secondary N) is 1. The van der Waals surface area contributed by atoms with Crippen molar-refractivity contribution in [2.45, 2.75) is 6.92 Å². The van der Waals surface area contributed by atoms with Gasteiger partial charge in [0.25, 0.3) is 5.91 Å². The highest BCUT2D eigenvalue weighted by atomic mass is 35.5. The summed E-state index contributed by atoms with van der Waals surface area (Å²) in [7, 11) is 1.51. The van der Waals surface area contributed by atoms with Gasteiger partial charge in [-0.1, -0.05) is 11.6 Å². The van der Waals surface area contributed by atoms with Crippen molar-refractivity contribution in [2.75, 3.05) is 23.9 Å². The van der Waals surface area contributed by atoms with Crippen molar-refractivity contribution in [1.29, 1.82) is 0 Å². The molecule has 1 amide bonds. The molecule has 0 heterocycles. The Morgan fingerprint density at radius 1 is 1.14 bits per heavy atom. The zero-order valence-corrected chi connectivity index (χ0v) is 12.5. The Hall–Kier alpha value is -2.40. The number of methoxy groups -OCH3 is 1. The summed E-state index contributed by atoms with van der Waals surface area (Å²) in [5.74, 6) is 0.157. The number of hydrogen-bond acceptors (Lipinski definition) is 4. The van der Waals surface area contributed by atoms with Crippen LogP contribution in [0, 0.1) is 6.92 Å². The van der Waals surface area contributed by atoms with Crippen LogP contribution in [0.15, 0.2) is 30.3 Å². The minimum atomic E-state index is -0.325. The molecule has 0 saturated heterocycles. The van der Waals surface area contributed by atoms with E-state index in [-0.39, 0.29) is 5.91 Å². The van der Waals surface area contributed by atoms with Crippen molar-refractivity contribution >= 4 is 34.6 Å². The molecule has 0 fully saturated rings. The molecule has 0 aliphatic rings. The minimum Gasteiger partial charge on any atom is -0.495 e. The standard InChI is InChI=1S/C15H16ClN3O2/c1-8-3-13(14(21-2)7-12(8)16)19-15(20)9-4-10(17)6-11(18)5-9/h3-7H,17-18H2,1-2H3,(H,19,20). The molecule has 0 aliphatic carbocycles. The predicted octanol–water partition coefficient (Wildman–Crippen LogP) is 3.07. The topological polar surface area (TPSA) is 90.4 Å². The summed E-state index contributed by atoms with van der Waals surface area (Å²) in [5.41, 5.74) is 14.0. The molecule has 0 atom stereocenters. The fourth-order valence-corrected chi connectivity index (χ4v) is 2.09. The van der Waals surface area contributed by atoms with E-state index in [1.807, 2.05) is 6.92 Å². The smallest absolute Gasteiger partial charge is 0.255 e. The largest absolute Gasteiger partial charge is 0.495 e. The van der Waals surface area contributed by atoms with E-state index in [2.05, 4.69) is 5.32 Å². The number of rotatable bonds is 3. The maximum atomic E-state index is 12.3. The molecule has 0 saturated carbocycles. The Kier molecular flexibility index (Phi) is 4.23. The van der Waals surface area contributed by atoms with E-state index in [1.54, 1.807) is 30.3 Å². The van der Waals surface area contributed by atoms with Gasteiger partial charge in [0, 0.05) is 28.0 Å². The van der Waals surface area contributed by atoms with Crippen LogP contribution in [-0.4, -0.2) is 13.0 Å². The third kappa shape index (κ3) is 3.38. The second-order valence-corrected chi connectivity index (χ2v) is 5.05. The van der Waals surface area contributed by atoms with E-state index in [9.17, 15) is 4.79 Å². The third-order valence-corrected chi connectivity index (χ3v) is 3.38. The van der Waals surface area contributed by atoms with Gasteiger partial charge < -0.3 is 21.5 Å². The molecule has 5 nitrogen and oxygen atoms in total. The molecule has 0 spiro atoms. The zero-order valence-electron chi connectivity index (χ0n) is 11.7. The molecular weight excluding hydrogens is 290 g/mol. The van der Waals surface area contributed by atoms with Crippen molar-refractivity contribution in [3.8, 4) is 5.75 Å². The molecule has 5 N–H and O–H groups in total. The van der Waals surface area contributed by atoms with Gasteiger partial charge in [-0.3, -0.25) is 4.79 Å². The monoisotopic (exact) mass is 305 g/mol. The molecule has 110 valence electrons. The van der Waals surface area contributed by atoms with Crippen molar-refractivity contribution in [3.05, 3.63) is 46.5 Å². The lowest BCUT2D eigenvalue weighted by atomic mass is 10.1. The molecule has 2 rings (SSSR count). The van der Waals surface area contributed by atoms with Crippen LogP contribution in [0.2, 0.25) is 5.02 Å². The lowest BCUT2D eigenvalue weighted by Crippen LogP contribution is -2.13. The maximum Gasteiger partial charge on any atom is 0.255 e. The SMILES string of the molecule is COc1cc(Cl)c(C)cc1NC(=O)c1cc(N)cc(N)c1. The van der Waals surface area contributed by atoms with Gasteiger partial charge in [0.1, 0.15) is 5.75 Å². The van der Waals surface area contributed by atoms with Crippen molar-refractivity contribution < 1.29 is 9.53 Å². The van der Waals surface area contributed by atoms with Crippen LogP contribution in [0.25, 0.3) is 0 Å². The number of anilines is 3. The van der Waals surface area contributed by atoms with E-state index in [0.717, 1.165) is 5.56 Å². The van der Waals surface area contributed by atoms with Crippen LogP contribution in [0.5, 0.6) is 5.75 Å². The third-order valence-electron chi connectivity index (χ3n) is 2.97. The second kappa shape index (κ2) is 5.93. The number of ether oxygens (including phenoxy) is 1. The number of halogens is 1. The van der Waals surface area contributed by atoms with Gasteiger partial charge in [0.15, 0.2) is 0 Å². The van der Waals surface area contributed by atoms with Crippen LogP contribution >= 0.6 is 11.6 Å². The molecular formula is C15H16ClN3O2. The second-order valence-electron chi connectivity index (χ2n) is 4.64. The summed E-state index contributed by atoms with van der Waals surface area (Å²) in [6.07, 6.45) is 0. The minimum absolute atomic E-state index is 0.325. The van der Waals surface area contributed by atoms with Gasteiger partial charge in [-0.15, -0.1) is 0 Å². The van der Waals surface area contributed by atoms with Gasteiger partial charge in [0.2, 0.25) is 0 Å². The number of hydrogen-bond donors (Lipinski definition) is 3. The van der Waals surface area contributed by atoms with Gasteiger partial charge in [-0.05, 0) is 36.8 Å². The molecule has 2 aromatic rings. The van der Waals surface area contributed by atoms with E-state index in [1.165, 1.54) is 7.11 Å². The first-order chi connectivity index (χ1) is 9.90. The van der Waals surface area contributed by atoms with Crippen molar-refractivity contribution in [3.63, 3.8) is 0 Å². The Bertz CT molecular complexity index is 681. The Balaban J connectivity index is 2.33. The van der Waals surface area contributed by atoms with Crippen LogP contribution < -0.4 is 21.5 Å². The Morgan fingerprint density at radius 2 is 1.76 bits per heavy atom. The normalized spacial score (nSPS) is 10.2. The number of carbonyl (C=O) groups is 1. The quantitative estimate of drug-likeness (QED) is 0.760. The first-order valence-electron chi connectivity index (χ1n) is 6.22. The number of nitrogen functional groups attached to an aromatic ring is 2. The average molecular weight is 306 g/mol.